The lowest BCUT2D eigenvalue weighted by molar-refractivity contribution is -0.386. The van der Waals surface area contributed by atoms with Gasteiger partial charge in [0.25, 0.3) is 0 Å². The molecule has 27 heavy (non-hydrogen) atoms. The van der Waals surface area contributed by atoms with E-state index in [4.69, 9.17) is 0 Å². The Morgan fingerprint density at radius 3 is 2.48 bits per heavy atom. The molecule has 1 aromatic heterocycles. The van der Waals surface area contributed by atoms with Gasteiger partial charge in [0, 0.05) is 13.1 Å². The van der Waals surface area contributed by atoms with E-state index in [0.29, 0.717) is 24.5 Å². The van der Waals surface area contributed by atoms with Crippen LogP contribution in [0, 0.1) is 29.8 Å². The van der Waals surface area contributed by atoms with E-state index in [0.717, 1.165) is 24.8 Å². The molecule has 0 saturated heterocycles. The molecule has 2 aromatic rings. The first-order valence-corrected chi connectivity index (χ1v) is 9.04. The molecule has 146 valence electrons. The molecule has 0 N–H and O–H groups in total. The number of unbranched alkanes of at least 4 members (excludes halogenated alkanes) is 2. The Morgan fingerprint density at radius 1 is 1.26 bits per heavy atom. The number of halogens is 1. The summed E-state index contributed by atoms with van der Waals surface area (Å²) in [4.78, 5) is 25.2. The number of benzene rings is 1. The fraction of sp³-hybridized carbons (Fsp3) is 0.474. The van der Waals surface area contributed by atoms with Crippen LogP contribution < -0.4 is 0 Å². The number of hydrogen-bond acceptors (Lipinski definition) is 4. The van der Waals surface area contributed by atoms with E-state index >= 15 is 0 Å². The van der Waals surface area contributed by atoms with Crippen molar-refractivity contribution in [1.29, 1.82) is 0 Å². The molecular weight excluding hydrogens is 351 g/mol. The molecule has 0 bridgehead atoms. The van der Waals surface area contributed by atoms with E-state index in [-0.39, 0.29) is 24.0 Å². The molecule has 0 radical (unpaired) electrons. The van der Waals surface area contributed by atoms with E-state index in [1.165, 1.54) is 16.8 Å². The summed E-state index contributed by atoms with van der Waals surface area (Å²) >= 11 is 0. The maximum absolute atomic E-state index is 13.1. The van der Waals surface area contributed by atoms with Crippen LogP contribution in [0.3, 0.4) is 0 Å². The highest BCUT2D eigenvalue weighted by Crippen LogP contribution is 2.22. The number of aryl methyl sites for hydroxylation is 1. The number of rotatable bonds is 9. The average Bonchev–Trinajstić information content (AvgIpc) is 2.89. The second kappa shape index (κ2) is 9.25. The Labute approximate surface area is 157 Å². The fourth-order valence-electron chi connectivity index (χ4n) is 2.99. The lowest BCUT2D eigenvalue weighted by Gasteiger charge is -2.23. The van der Waals surface area contributed by atoms with Gasteiger partial charge in [-0.3, -0.25) is 19.6 Å². The quantitative estimate of drug-likeness (QED) is 0.379. The van der Waals surface area contributed by atoms with Crippen LogP contribution in [-0.2, 0) is 17.9 Å². The minimum absolute atomic E-state index is 0.0566. The molecule has 0 spiro atoms. The molecule has 1 amide bonds. The van der Waals surface area contributed by atoms with E-state index in [2.05, 4.69) is 12.0 Å². The zero-order valence-electron chi connectivity index (χ0n) is 15.9. The third-order valence-electron chi connectivity index (χ3n) is 4.48. The Bertz CT molecular complexity index is 802. The van der Waals surface area contributed by atoms with Crippen LogP contribution in [-0.4, -0.2) is 32.1 Å². The third kappa shape index (κ3) is 5.35. The average molecular weight is 376 g/mol. The predicted octanol–water partition coefficient (Wildman–Crippen LogP) is 3.77. The van der Waals surface area contributed by atoms with Crippen LogP contribution in [0.2, 0.25) is 0 Å². The smallest absolute Gasteiger partial charge is 0.312 e. The molecule has 0 unspecified atom stereocenters. The van der Waals surface area contributed by atoms with Crippen molar-refractivity contribution in [2.24, 2.45) is 0 Å². The third-order valence-corrected chi connectivity index (χ3v) is 4.48. The van der Waals surface area contributed by atoms with E-state index in [1.54, 1.807) is 30.9 Å². The first-order valence-electron chi connectivity index (χ1n) is 9.04. The summed E-state index contributed by atoms with van der Waals surface area (Å²) in [5.41, 5.74) is 1.43. The molecule has 0 aliphatic rings. The molecule has 8 heteroatoms. The summed E-state index contributed by atoms with van der Waals surface area (Å²) in [6.07, 6.45) is 2.89. The van der Waals surface area contributed by atoms with E-state index in [1.807, 2.05) is 0 Å². The van der Waals surface area contributed by atoms with Gasteiger partial charge in [-0.1, -0.05) is 31.9 Å². The molecule has 0 aliphatic carbocycles. The highest BCUT2D eigenvalue weighted by Gasteiger charge is 2.24. The Morgan fingerprint density at radius 2 is 1.93 bits per heavy atom. The topological polar surface area (TPSA) is 81.3 Å². The van der Waals surface area contributed by atoms with Crippen LogP contribution in [0.25, 0.3) is 0 Å². The van der Waals surface area contributed by atoms with Gasteiger partial charge in [0.15, 0.2) is 0 Å². The van der Waals surface area contributed by atoms with Gasteiger partial charge in [-0.25, -0.2) is 4.39 Å². The van der Waals surface area contributed by atoms with Gasteiger partial charge in [-0.2, -0.15) is 5.10 Å². The summed E-state index contributed by atoms with van der Waals surface area (Å²) in [7, 11) is 0. The van der Waals surface area contributed by atoms with Crippen molar-refractivity contribution in [2.45, 2.75) is 53.1 Å². The maximum Gasteiger partial charge on any atom is 0.312 e. The Hall–Kier alpha value is -2.77. The van der Waals surface area contributed by atoms with E-state index < -0.39 is 4.92 Å². The molecule has 0 fully saturated rings. The van der Waals surface area contributed by atoms with Gasteiger partial charge in [0.1, 0.15) is 23.7 Å². The number of carbonyl (C=O) groups excluding carboxylic acids is 1. The lowest BCUT2D eigenvalue weighted by atomic mass is 10.2. The Kier molecular flexibility index (Phi) is 7.04. The molecule has 0 saturated carbocycles. The van der Waals surface area contributed by atoms with Crippen molar-refractivity contribution in [3.8, 4) is 0 Å². The minimum Gasteiger partial charge on any atom is -0.337 e. The van der Waals surface area contributed by atoms with Crippen LogP contribution in [0.1, 0.15) is 43.1 Å². The molecule has 0 aliphatic heterocycles. The highest BCUT2D eigenvalue weighted by molar-refractivity contribution is 5.76. The first kappa shape index (κ1) is 20.5. The number of hydrogen-bond donors (Lipinski definition) is 0. The molecule has 0 atom stereocenters. The fourth-order valence-corrected chi connectivity index (χ4v) is 2.99. The van der Waals surface area contributed by atoms with Crippen molar-refractivity contribution in [1.82, 2.24) is 14.7 Å². The number of carbonyl (C=O) groups is 1. The van der Waals surface area contributed by atoms with Crippen molar-refractivity contribution in [3.05, 3.63) is 57.1 Å². The zero-order chi connectivity index (χ0) is 20.0. The molecule has 1 heterocycles. The largest absolute Gasteiger partial charge is 0.337 e. The lowest BCUT2D eigenvalue weighted by Crippen LogP contribution is -2.34. The van der Waals surface area contributed by atoms with Gasteiger partial charge < -0.3 is 4.90 Å². The molecule has 2 rings (SSSR count). The Balaban J connectivity index is 2.16. The zero-order valence-corrected chi connectivity index (χ0v) is 15.9. The summed E-state index contributed by atoms with van der Waals surface area (Å²) < 4.78 is 14.5. The monoisotopic (exact) mass is 376 g/mol. The van der Waals surface area contributed by atoms with Gasteiger partial charge in [0.2, 0.25) is 5.91 Å². The highest BCUT2D eigenvalue weighted by atomic mass is 19.1. The normalized spacial score (nSPS) is 10.8. The molecular formula is C19H25FN4O3. The minimum atomic E-state index is -0.476. The van der Waals surface area contributed by atoms with Crippen molar-refractivity contribution in [2.75, 3.05) is 6.54 Å². The first-order chi connectivity index (χ1) is 12.8. The van der Waals surface area contributed by atoms with Crippen LogP contribution >= 0.6 is 0 Å². The SMILES string of the molecule is CCCCCN(Cc1ccc(F)cc1)C(=O)Cn1nc(C)c([N+](=O)[O-])c1C. The van der Waals surface area contributed by atoms with Crippen LogP contribution in [0.5, 0.6) is 0 Å². The van der Waals surface area contributed by atoms with Crippen LogP contribution in [0.4, 0.5) is 10.1 Å². The molecule has 1 aromatic carbocycles. The summed E-state index contributed by atoms with van der Waals surface area (Å²) in [6.45, 7) is 6.11. The van der Waals surface area contributed by atoms with Gasteiger partial charge >= 0.3 is 5.69 Å². The van der Waals surface area contributed by atoms with Crippen LogP contribution in [0.15, 0.2) is 24.3 Å². The maximum atomic E-state index is 13.1. The summed E-state index contributed by atoms with van der Waals surface area (Å²) in [5, 5.41) is 15.3. The number of amides is 1. The second-order valence-electron chi connectivity index (χ2n) is 6.58. The van der Waals surface area contributed by atoms with Gasteiger partial charge in [0.05, 0.1) is 4.92 Å². The number of nitrogens with zero attached hydrogens (tertiary/aromatic N) is 4. The van der Waals surface area contributed by atoms with Crippen molar-refractivity contribution in [3.63, 3.8) is 0 Å². The number of nitro groups is 1. The van der Waals surface area contributed by atoms with Gasteiger partial charge in [-0.15, -0.1) is 0 Å². The number of aromatic nitrogens is 2. The standard InChI is InChI=1S/C19H25FN4O3/c1-4-5-6-11-22(12-16-7-9-17(20)10-8-16)18(25)13-23-15(3)19(24(26)27)14(2)21-23/h7-10H,4-6,11-13H2,1-3H3. The van der Waals surface area contributed by atoms with Crippen molar-refractivity contribution < 1.29 is 14.1 Å². The van der Waals surface area contributed by atoms with Gasteiger partial charge in [-0.05, 0) is 38.0 Å². The predicted molar refractivity (Wildman–Crippen MR) is 99.7 cm³/mol. The summed E-state index contributed by atoms with van der Waals surface area (Å²) in [6, 6.07) is 6.05. The van der Waals surface area contributed by atoms with Crippen molar-refractivity contribution >= 4 is 11.6 Å². The second-order valence-corrected chi connectivity index (χ2v) is 6.58. The molecule has 7 nitrogen and oxygen atoms in total. The summed E-state index contributed by atoms with van der Waals surface area (Å²) in [5.74, 6) is -0.492. The van der Waals surface area contributed by atoms with E-state index in [9.17, 15) is 19.3 Å².